The summed E-state index contributed by atoms with van der Waals surface area (Å²) >= 11 is 0. The standard InChI is InChI=1S/C14H13F/c1-10-3-6-12(7-4-10)13-8-5-11(2)14(15)9-13/h3-9H,1-2H3. The maximum Gasteiger partial charge on any atom is 0.126 e. The van der Waals surface area contributed by atoms with Crippen molar-refractivity contribution in [2.45, 2.75) is 13.8 Å². The van der Waals surface area contributed by atoms with E-state index in [0.717, 1.165) is 11.1 Å². The molecular formula is C14H13F. The molecule has 0 saturated heterocycles. The fraction of sp³-hybridized carbons (Fsp3) is 0.143. The van der Waals surface area contributed by atoms with Crippen molar-refractivity contribution in [3.8, 4) is 11.1 Å². The molecule has 0 heterocycles. The highest BCUT2D eigenvalue weighted by Crippen LogP contribution is 2.21. The maximum atomic E-state index is 13.3. The number of hydrogen-bond acceptors (Lipinski definition) is 0. The highest BCUT2D eigenvalue weighted by atomic mass is 19.1. The first-order chi connectivity index (χ1) is 7.16. The van der Waals surface area contributed by atoms with Gasteiger partial charge in [-0.15, -0.1) is 0 Å². The van der Waals surface area contributed by atoms with Crippen molar-refractivity contribution in [3.63, 3.8) is 0 Å². The van der Waals surface area contributed by atoms with Gasteiger partial charge in [0.1, 0.15) is 5.82 Å². The molecule has 0 unspecified atom stereocenters. The molecule has 0 aliphatic carbocycles. The zero-order valence-electron chi connectivity index (χ0n) is 8.92. The van der Waals surface area contributed by atoms with Crippen LogP contribution in [0.3, 0.4) is 0 Å². The molecule has 1 heteroatoms. The van der Waals surface area contributed by atoms with Gasteiger partial charge in [-0.05, 0) is 36.6 Å². The predicted octanol–water partition coefficient (Wildman–Crippen LogP) is 4.11. The van der Waals surface area contributed by atoms with Crippen LogP contribution < -0.4 is 0 Å². The Kier molecular flexibility index (Phi) is 2.55. The van der Waals surface area contributed by atoms with Crippen LogP contribution in [0, 0.1) is 19.7 Å². The normalized spacial score (nSPS) is 10.3. The lowest BCUT2D eigenvalue weighted by molar-refractivity contribution is 0.619. The number of halogens is 1. The average molecular weight is 200 g/mol. The molecule has 2 aromatic carbocycles. The molecule has 0 fully saturated rings. The molecule has 0 spiro atoms. The second kappa shape index (κ2) is 3.85. The third-order valence-corrected chi connectivity index (χ3v) is 2.56. The van der Waals surface area contributed by atoms with Crippen molar-refractivity contribution in [2.24, 2.45) is 0 Å². The van der Waals surface area contributed by atoms with Crippen LogP contribution in [0.5, 0.6) is 0 Å². The third-order valence-electron chi connectivity index (χ3n) is 2.56. The SMILES string of the molecule is Cc1ccc(-c2ccc(C)c(F)c2)cc1. The van der Waals surface area contributed by atoms with Gasteiger partial charge in [-0.1, -0.05) is 42.0 Å². The highest BCUT2D eigenvalue weighted by molar-refractivity contribution is 5.64. The van der Waals surface area contributed by atoms with Crippen LogP contribution in [-0.4, -0.2) is 0 Å². The van der Waals surface area contributed by atoms with E-state index in [1.807, 2.05) is 43.3 Å². The average Bonchev–Trinajstić information content (AvgIpc) is 2.23. The van der Waals surface area contributed by atoms with Crippen LogP contribution in [0.4, 0.5) is 4.39 Å². The molecule has 0 nitrogen and oxygen atoms in total. The van der Waals surface area contributed by atoms with E-state index in [0.29, 0.717) is 5.56 Å². The predicted molar refractivity (Wildman–Crippen MR) is 61.3 cm³/mol. The Bertz CT molecular complexity index is 469. The van der Waals surface area contributed by atoms with E-state index in [1.165, 1.54) is 5.56 Å². The van der Waals surface area contributed by atoms with E-state index in [4.69, 9.17) is 0 Å². The van der Waals surface area contributed by atoms with Crippen LogP contribution in [0.15, 0.2) is 42.5 Å². The molecule has 76 valence electrons. The van der Waals surface area contributed by atoms with Gasteiger partial charge in [-0.2, -0.15) is 0 Å². The summed E-state index contributed by atoms with van der Waals surface area (Å²) in [7, 11) is 0. The highest BCUT2D eigenvalue weighted by Gasteiger charge is 2.01. The fourth-order valence-corrected chi connectivity index (χ4v) is 1.52. The van der Waals surface area contributed by atoms with Crippen molar-refractivity contribution in [3.05, 3.63) is 59.4 Å². The summed E-state index contributed by atoms with van der Waals surface area (Å²) in [5.41, 5.74) is 3.88. The van der Waals surface area contributed by atoms with Crippen LogP contribution in [0.1, 0.15) is 11.1 Å². The zero-order chi connectivity index (χ0) is 10.8. The minimum Gasteiger partial charge on any atom is -0.207 e. The molecule has 0 amide bonds. The lowest BCUT2D eigenvalue weighted by Gasteiger charge is -2.03. The molecule has 2 aromatic rings. The molecule has 0 N–H and O–H groups in total. The summed E-state index contributed by atoms with van der Waals surface area (Å²) in [6.07, 6.45) is 0. The van der Waals surface area contributed by atoms with Gasteiger partial charge in [0.25, 0.3) is 0 Å². The zero-order valence-corrected chi connectivity index (χ0v) is 8.92. The van der Waals surface area contributed by atoms with Gasteiger partial charge < -0.3 is 0 Å². The molecular weight excluding hydrogens is 187 g/mol. The summed E-state index contributed by atoms with van der Waals surface area (Å²) in [5.74, 6) is -0.145. The van der Waals surface area contributed by atoms with E-state index in [2.05, 4.69) is 0 Å². The van der Waals surface area contributed by atoms with Gasteiger partial charge in [0.15, 0.2) is 0 Å². The number of hydrogen-bond donors (Lipinski definition) is 0. The van der Waals surface area contributed by atoms with Crippen molar-refractivity contribution < 1.29 is 4.39 Å². The van der Waals surface area contributed by atoms with Crippen LogP contribution in [0.25, 0.3) is 11.1 Å². The first-order valence-corrected chi connectivity index (χ1v) is 5.00. The van der Waals surface area contributed by atoms with E-state index in [-0.39, 0.29) is 5.82 Å². The molecule has 0 aliphatic heterocycles. The Hall–Kier alpha value is -1.63. The minimum atomic E-state index is -0.145. The molecule has 0 aliphatic rings. The van der Waals surface area contributed by atoms with Gasteiger partial charge in [-0.3, -0.25) is 0 Å². The van der Waals surface area contributed by atoms with E-state index >= 15 is 0 Å². The summed E-state index contributed by atoms with van der Waals surface area (Å²) in [5, 5.41) is 0. The van der Waals surface area contributed by atoms with Crippen molar-refractivity contribution in [1.82, 2.24) is 0 Å². The van der Waals surface area contributed by atoms with Crippen LogP contribution in [-0.2, 0) is 0 Å². The van der Waals surface area contributed by atoms with Crippen molar-refractivity contribution in [1.29, 1.82) is 0 Å². The summed E-state index contributed by atoms with van der Waals surface area (Å²) in [4.78, 5) is 0. The fourth-order valence-electron chi connectivity index (χ4n) is 1.52. The van der Waals surface area contributed by atoms with Crippen molar-refractivity contribution in [2.75, 3.05) is 0 Å². The Balaban J connectivity index is 2.45. The first-order valence-electron chi connectivity index (χ1n) is 5.00. The number of rotatable bonds is 1. The van der Waals surface area contributed by atoms with Gasteiger partial charge in [-0.25, -0.2) is 4.39 Å². The number of benzene rings is 2. The van der Waals surface area contributed by atoms with E-state index in [1.54, 1.807) is 13.0 Å². The molecule has 0 atom stereocenters. The van der Waals surface area contributed by atoms with Crippen LogP contribution >= 0.6 is 0 Å². The largest absolute Gasteiger partial charge is 0.207 e. The topological polar surface area (TPSA) is 0 Å². The number of aryl methyl sites for hydroxylation is 2. The van der Waals surface area contributed by atoms with Crippen LogP contribution in [0.2, 0.25) is 0 Å². The lowest BCUT2D eigenvalue weighted by Crippen LogP contribution is -1.84. The lowest BCUT2D eigenvalue weighted by atomic mass is 10.0. The quantitative estimate of drug-likeness (QED) is 0.649. The van der Waals surface area contributed by atoms with Gasteiger partial charge in [0, 0.05) is 0 Å². The Morgan fingerprint density at radius 2 is 1.40 bits per heavy atom. The first kappa shape index (κ1) is 9.91. The molecule has 0 aromatic heterocycles. The molecule has 15 heavy (non-hydrogen) atoms. The molecule has 0 saturated carbocycles. The smallest absolute Gasteiger partial charge is 0.126 e. The van der Waals surface area contributed by atoms with Gasteiger partial charge >= 0.3 is 0 Å². The molecule has 0 bridgehead atoms. The summed E-state index contributed by atoms with van der Waals surface area (Å²) in [6.45, 7) is 3.81. The Morgan fingerprint density at radius 1 is 0.800 bits per heavy atom. The minimum absolute atomic E-state index is 0.145. The Labute approximate surface area is 89.4 Å². The molecule has 0 radical (unpaired) electrons. The summed E-state index contributed by atoms with van der Waals surface area (Å²) < 4.78 is 13.3. The Morgan fingerprint density at radius 3 is 2.00 bits per heavy atom. The third kappa shape index (κ3) is 2.07. The summed E-state index contributed by atoms with van der Waals surface area (Å²) in [6, 6.07) is 13.4. The maximum absolute atomic E-state index is 13.3. The second-order valence-corrected chi connectivity index (χ2v) is 3.83. The van der Waals surface area contributed by atoms with E-state index < -0.39 is 0 Å². The molecule has 2 rings (SSSR count). The monoisotopic (exact) mass is 200 g/mol. The van der Waals surface area contributed by atoms with E-state index in [9.17, 15) is 4.39 Å². The van der Waals surface area contributed by atoms with Gasteiger partial charge in [0.2, 0.25) is 0 Å². The van der Waals surface area contributed by atoms with Gasteiger partial charge in [0.05, 0.1) is 0 Å². The van der Waals surface area contributed by atoms with Crippen molar-refractivity contribution >= 4 is 0 Å². The second-order valence-electron chi connectivity index (χ2n) is 3.83.